The third-order valence-corrected chi connectivity index (χ3v) is 5.50. The van der Waals surface area contributed by atoms with Crippen molar-refractivity contribution in [2.45, 2.75) is 0 Å². The molecular formula is C14H15N5O5P2. The van der Waals surface area contributed by atoms with Crippen LogP contribution in [0.15, 0.2) is 30.3 Å². The molecule has 0 saturated heterocycles. The van der Waals surface area contributed by atoms with E-state index in [-0.39, 0.29) is 16.7 Å². The van der Waals surface area contributed by atoms with Gasteiger partial charge in [-0.3, -0.25) is 40.7 Å². The number of nitrogens with two attached hydrogens (primary N) is 4. The Morgan fingerprint density at radius 3 is 1.85 bits per heavy atom. The Balaban J connectivity index is 2.44. The van der Waals surface area contributed by atoms with Gasteiger partial charge in [0.25, 0.3) is 7.59 Å². The van der Waals surface area contributed by atoms with E-state index in [0.29, 0.717) is 0 Å². The lowest BCUT2D eigenvalue weighted by Gasteiger charge is -2.25. The highest BCUT2D eigenvalue weighted by Gasteiger charge is 2.38. The van der Waals surface area contributed by atoms with E-state index >= 15 is 0 Å². The third-order valence-electron chi connectivity index (χ3n) is 3.82. The average molecular weight is 395 g/mol. The quantitative estimate of drug-likeness (QED) is 0.265. The second kappa shape index (κ2) is 5.85. The number of anilines is 1. The molecule has 0 heterocycles. The first-order valence-corrected chi connectivity index (χ1v) is 10.8. The molecule has 136 valence electrons. The van der Waals surface area contributed by atoms with E-state index in [9.17, 15) is 23.8 Å². The summed E-state index contributed by atoms with van der Waals surface area (Å²) in [4.78, 5) is 25.7. The van der Waals surface area contributed by atoms with Crippen LogP contribution in [-0.2, 0) is 9.13 Å². The minimum atomic E-state index is -4.06. The van der Waals surface area contributed by atoms with Gasteiger partial charge in [-0.2, -0.15) is 0 Å². The van der Waals surface area contributed by atoms with Gasteiger partial charge < -0.3 is 10.2 Å². The van der Waals surface area contributed by atoms with Crippen molar-refractivity contribution >= 4 is 37.6 Å². The van der Waals surface area contributed by atoms with Gasteiger partial charge in [-0.25, -0.2) is 0 Å². The molecule has 3 rings (SSSR count). The van der Waals surface area contributed by atoms with E-state index in [1.54, 1.807) is 12.1 Å². The molecule has 0 amide bonds. The highest BCUT2D eigenvalue weighted by atomic mass is 31.2. The van der Waals surface area contributed by atoms with Gasteiger partial charge in [-0.05, 0) is 6.07 Å². The topological polar surface area (TPSA) is 205 Å². The summed E-state index contributed by atoms with van der Waals surface area (Å²) < 4.78 is 24.1. The van der Waals surface area contributed by atoms with Crippen LogP contribution >= 0.6 is 15.0 Å². The van der Waals surface area contributed by atoms with Crippen molar-refractivity contribution in [2.75, 3.05) is 5.09 Å². The number of carbonyl (C=O) groups is 2. The predicted molar refractivity (Wildman–Crippen MR) is 96.6 cm³/mol. The van der Waals surface area contributed by atoms with Gasteiger partial charge in [0.1, 0.15) is 5.75 Å². The van der Waals surface area contributed by atoms with Crippen LogP contribution in [-0.4, -0.2) is 16.7 Å². The Morgan fingerprint density at radius 2 is 1.38 bits per heavy atom. The Kier molecular flexibility index (Phi) is 4.16. The van der Waals surface area contributed by atoms with Crippen molar-refractivity contribution in [3.8, 4) is 5.75 Å². The van der Waals surface area contributed by atoms with Crippen LogP contribution in [0.5, 0.6) is 5.75 Å². The van der Waals surface area contributed by atoms with Gasteiger partial charge in [0.2, 0.25) is 7.44 Å². The molecule has 0 saturated carbocycles. The molecule has 0 aliphatic heterocycles. The number of carbonyl (C=O) groups excluding carboxylic acids is 2. The lowest BCUT2D eigenvalue weighted by Crippen LogP contribution is -2.30. The van der Waals surface area contributed by atoms with E-state index < -0.39 is 48.9 Å². The van der Waals surface area contributed by atoms with Crippen molar-refractivity contribution in [3.63, 3.8) is 0 Å². The van der Waals surface area contributed by atoms with Crippen LogP contribution < -0.4 is 32.4 Å². The molecule has 0 fully saturated rings. The number of aromatic hydroxyl groups is 1. The molecule has 10 N–H and O–H groups in total. The fourth-order valence-electron chi connectivity index (χ4n) is 2.82. The zero-order valence-electron chi connectivity index (χ0n) is 13.2. The Bertz CT molecular complexity index is 1070. The summed E-state index contributed by atoms with van der Waals surface area (Å²) in [7, 11) is -8.07. The SMILES string of the molecule is NP(N)(=O)Nc1c(P(N)(N)=O)cc(O)c2c1C(=O)c1ccccc1C2=O. The summed E-state index contributed by atoms with van der Waals surface area (Å²) in [6.45, 7) is 0. The zero-order valence-corrected chi connectivity index (χ0v) is 15.0. The lowest BCUT2D eigenvalue weighted by atomic mass is 9.83. The standard InChI is InChI=1S/C14H15N5O5P2/c15-25(16,23)9-5-8(20)10-11(12(9)19-26(17,18)24)14(22)7-4-2-1-3-6(7)13(10)21/h1-5,20H,(H4,15,16,23)(H5,17,18,19,24). The summed E-state index contributed by atoms with van der Waals surface area (Å²) in [5.74, 6) is -2.00. The van der Waals surface area contributed by atoms with Gasteiger partial charge in [-0.15, -0.1) is 0 Å². The van der Waals surface area contributed by atoms with E-state index in [1.807, 2.05) is 0 Å². The smallest absolute Gasteiger partial charge is 0.298 e. The number of hydrogen-bond donors (Lipinski definition) is 6. The normalized spacial score (nSPS) is 14.0. The first-order chi connectivity index (χ1) is 11.9. The maximum atomic E-state index is 12.9. The van der Waals surface area contributed by atoms with Crippen LogP contribution in [0.3, 0.4) is 0 Å². The van der Waals surface area contributed by atoms with Crippen LogP contribution in [0.4, 0.5) is 5.69 Å². The number of benzene rings is 2. The molecule has 2 aromatic rings. The fraction of sp³-hybridized carbons (Fsp3) is 0. The monoisotopic (exact) mass is 395 g/mol. The first-order valence-electron chi connectivity index (χ1n) is 7.13. The maximum absolute atomic E-state index is 12.9. The molecule has 0 unspecified atom stereocenters. The number of hydrogen-bond acceptors (Lipinski definition) is 5. The summed E-state index contributed by atoms with van der Waals surface area (Å²) in [5, 5.41) is 12.0. The largest absolute Gasteiger partial charge is 0.507 e. The van der Waals surface area contributed by atoms with Gasteiger partial charge in [0.05, 0.1) is 22.1 Å². The van der Waals surface area contributed by atoms with Crippen molar-refractivity contribution in [3.05, 3.63) is 52.6 Å². The highest BCUT2D eigenvalue weighted by Crippen LogP contribution is 2.43. The zero-order chi connectivity index (χ0) is 19.4. The van der Waals surface area contributed by atoms with Crippen molar-refractivity contribution < 1.29 is 23.8 Å². The van der Waals surface area contributed by atoms with Crippen LogP contribution in [0.25, 0.3) is 0 Å². The molecule has 0 atom stereocenters. The second-order valence-electron chi connectivity index (χ2n) is 5.77. The van der Waals surface area contributed by atoms with Crippen LogP contribution in [0.2, 0.25) is 0 Å². The van der Waals surface area contributed by atoms with Crippen molar-refractivity contribution in [1.29, 1.82) is 0 Å². The fourth-order valence-corrected chi connectivity index (χ4v) is 4.34. The van der Waals surface area contributed by atoms with Gasteiger partial charge >= 0.3 is 0 Å². The van der Waals surface area contributed by atoms with Crippen molar-refractivity contribution in [2.24, 2.45) is 22.0 Å². The van der Waals surface area contributed by atoms with E-state index in [2.05, 4.69) is 5.09 Å². The molecule has 0 bridgehead atoms. The number of ketones is 2. The Hall–Kier alpha value is -2.32. The van der Waals surface area contributed by atoms with E-state index in [0.717, 1.165) is 6.07 Å². The van der Waals surface area contributed by atoms with Crippen LogP contribution in [0, 0.1) is 0 Å². The average Bonchev–Trinajstić information content (AvgIpc) is 2.51. The first kappa shape index (κ1) is 18.5. The van der Waals surface area contributed by atoms with Gasteiger partial charge in [0.15, 0.2) is 11.6 Å². The summed E-state index contributed by atoms with van der Waals surface area (Å²) >= 11 is 0. The van der Waals surface area contributed by atoms with Gasteiger partial charge in [0, 0.05) is 11.1 Å². The highest BCUT2D eigenvalue weighted by molar-refractivity contribution is 7.67. The molecule has 1 aliphatic rings. The minimum absolute atomic E-state index is 0.0392. The molecule has 0 radical (unpaired) electrons. The lowest BCUT2D eigenvalue weighted by molar-refractivity contribution is 0.0977. The molecule has 1 aliphatic carbocycles. The predicted octanol–water partition coefficient (Wildman–Crippen LogP) is 0.341. The number of fused-ring (bicyclic) bond motifs is 2. The second-order valence-corrected chi connectivity index (χ2v) is 9.32. The molecule has 12 heteroatoms. The summed E-state index contributed by atoms with van der Waals surface area (Å²) in [6.07, 6.45) is 0. The Labute approximate surface area is 147 Å². The molecule has 2 aromatic carbocycles. The third kappa shape index (κ3) is 2.99. The maximum Gasteiger partial charge on any atom is 0.298 e. The molecule has 0 spiro atoms. The van der Waals surface area contributed by atoms with Crippen LogP contribution in [0.1, 0.15) is 31.8 Å². The number of phenolic OH excluding ortho intramolecular Hbond substituents is 1. The van der Waals surface area contributed by atoms with E-state index in [1.165, 1.54) is 12.1 Å². The summed E-state index contributed by atoms with van der Waals surface area (Å²) in [5.41, 5.74) is 20.5. The van der Waals surface area contributed by atoms with E-state index in [4.69, 9.17) is 22.0 Å². The van der Waals surface area contributed by atoms with Gasteiger partial charge in [-0.1, -0.05) is 24.3 Å². The number of phenols is 1. The minimum Gasteiger partial charge on any atom is -0.507 e. The number of rotatable bonds is 3. The molecule has 26 heavy (non-hydrogen) atoms. The van der Waals surface area contributed by atoms with Crippen molar-refractivity contribution in [1.82, 2.24) is 0 Å². The Morgan fingerprint density at radius 1 is 0.885 bits per heavy atom. The molecule has 0 aromatic heterocycles. The molecular weight excluding hydrogens is 380 g/mol. The molecule has 10 nitrogen and oxygen atoms in total. The number of nitrogens with one attached hydrogen (secondary N) is 1. The summed E-state index contributed by atoms with van der Waals surface area (Å²) in [6, 6.07) is 6.80.